The quantitative estimate of drug-likeness (QED) is 0.573. The summed E-state index contributed by atoms with van der Waals surface area (Å²) in [5, 5.41) is 18.5. The van der Waals surface area contributed by atoms with Crippen molar-refractivity contribution in [3.63, 3.8) is 0 Å². The highest BCUT2D eigenvalue weighted by Gasteiger charge is 2.18. The molecule has 2 aromatic heterocycles. The minimum Gasteiger partial charge on any atom is -0.394 e. The first kappa shape index (κ1) is 14.2. The van der Waals surface area contributed by atoms with Crippen LogP contribution in [0.1, 0.15) is 6.04 Å². The fourth-order valence-corrected chi connectivity index (χ4v) is 1.93. The first-order valence-electron chi connectivity index (χ1n) is 5.97. The molecule has 0 fully saturated rings. The van der Waals surface area contributed by atoms with Gasteiger partial charge in [0.2, 0.25) is 5.91 Å². The number of aliphatic hydroxyl groups is 2. The van der Waals surface area contributed by atoms with E-state index in [2.05, 4.69) is 15.0 Å². The Bertz CT molecular complexity index is 609. The van der Waals surface area contributed by atoms with Gasteiger partial charge in [-0.05, 0) is 0 Å². The Balaban J connectivity index is 2.47. The zero-order valence-corrected chi connectivity index (χ0v) is 11.0. The standard InChI is InChI=1S/C11H16N6O3/c1-16(2-8(12)20)10-9-11(14-5-13-10)17(6-15-9)7(3-18)4-19/h5-7,18-19H,2-4H2,1H3,(H2,12,20). The van der Waals surface area contributed by atoms with Crippen LogP contribution in [0.4, 0.5) is 5.82 Å². The predicted octanol–water partition coefficient (Wildman–Crippen LogP) is -1.73. The molecular formula is C11H16N6O3. The van der Waals surface area contributed by atoms with Gasteiger partial charge in [-0.1, -0.05) is 0 Å². The molecule has 1 amide bonds. The largest absolute Gasteiger partial charge is 0.394 e. The molecule has 0 aliphatic carbocycles. The minimum atomic E-state index is -0.524. The van der Waals surface area contributed by atoms with Crippen LogP contribution >= 0.6 is 0 Å². The Labute approximate surface area is 114 Å². The van der Waals surface area contributed by atoms with Crippen molar-refractivity contribution in [2.75, 3.05) is 31.7 Å². The van der Waals surface area contributed by atoms with E-state index in [4.69, 9.17) is 5.73 Å². The van der Waals surface area contributed by atoms with Gasteiger partial charge in [-0.15, -0.1) is 0 Å². The smallest absolute Gasteiger partial charge is 0.236 e. The number of aliphatic hydroxyl groups excluding tert-OH is 2. The maximum Gasteiger partial charge on any atom is 0.236 e. The lowest BCUT2D eigenvalue weighted by Gasteiger charge is -2.16. The van der Waals surface area contributed by atoms with Crippen molar-refractivity contribution in [3.05, 3.63) is 12.7 Å². The first-order chi connectivity index (χ1) is 9.58. The Morgan fingerprint density at radius 2 is 2.10 bits per heavy atom. The summed E-state index contributed by atoms with van der Waals surface area (Å²) in [4.78, 5) is 24.9. The number of anilines is 1. The first-order valence-corrected chi connectivity index (χ1v) is 5.97. The highest BCUT2D eigenvalue weighted by Crippen LogP contribution is 2.22. The zero-order valence-electron chi connectivity index (χ0n) is 11.0. The highest BCUT2D eigenvalue weighted by atomic mass is 16.3. The van der Waals surface area contributed by atoms with Crippen LogP contribution in [0.2, 0.25) is 0 Å². The molecule has 4 N–H and O–H groups in total. The van der Waals surface area contributed by atoms with E-state index >= 15 is 0 Å². The summed E-state index contributed by atoms with van der Waals surface area (Å²) in [6.45, 7) is -0.473. The summed E-state index contributed by atoms with van der Waals surface area (Å²) >= 11 is 0. The maximum atomic E-state index is 11.0. The zero-order chi connectivity index (χ0) is 14.7. The molecule has 0 bridgehead atoms. The van der Waals surface area contributed by atoms with Crippen molar-refractivity contribution in [1.29, 1.82) is 0 Å². The molecule has 20 heavy (non-hydrogen) atoms. The van der Waals surface area contributed by atoms with Gasteiger partial charge in [-0.2, -0.15) is 0 Å². The van der Waals surface area contributed by atoms with Gasteiger partial charge in [-0.3, -0.25) is 4.79 Å². The average Bonchev–Trinajstić information content (AvgIpc) is 2.83. The third-order valence-electron chi connectivity index (χ3n) is 2.91. The third-order valence-corrected chi connectivity index (χ3v) is 2.91. The number of nitrogens with two attached hydrogens (primary N) is 1. The Kier molecular flexibility index (Phi) is 4.11. The molecular weight excluding hydrogens is 264 g/mol. The van der Waals surface area contributed by atoms with E-state index in [0.717, 1.165) is 0 Å². The molecule has 2 rings (SSSR count). The van der Waals surface area contributed by atoms with Gasteiger partial charge in [0, 0.05) is 7.05 Å². The lowest BCUT2D eigenvalue weighted by atomic mass is 10.3. The van der Waals surface area contributed by atoms with E-state index in [1.165, 1.54) is 12.7 Å². The summed E-state index contributed by atoms with van der Waals surface area (Å²) in [7, 11) is 1.67. The fraction of sp³-hybridized carbons (Fsp3) is 0.455. The SMILES string of the molecule is CN(CC(N)=O)c1ncnc2c1ncn2C(CO)CO. The molecule has 0 radical (unpaired) electrons. The second-order valence-corrected chi connectivity index (χ2v) is 4.36. The van der Waals surface area contributed by atoms with Gasteiger partial charge in [0.25, 0.3) is 0 Å². The van der Waals surface area contributed by atoms with Crippen molar-refractivity contribution in [3.8, 4) is 0 Å². The van der Waals surface area contributed by atoms with Crippen LogP contribution in [0.25, 0.3) is 11.2 Å². The van der Waals surface area contributed by atoms with Gasteiger partial charge in [0.1, 0.15) is 6.33 Å². The molecule has 108 valence electrons. The van der Waals surface area contributed by atoms with Crippen LogP contribution in [-0.4, -0.2) is 62.4 Å². The normalized spacial score (nSPS) is 11.2. The molecule has 0 saturated heterocycles. The van der Waals surface area contributed by atoms with Crippen molar-refractivity contribution >= 4 is 22.9 Å². The Morgan fingerprint density at radius 1 is 1.40 bits per heavy atom. The van der Waals surface area contributed by atoms with Crippen molar-refractivity contribution in [2.24, 2.45) is 5.73 Å². The molecule has 0 saturated carbocycles. The predicted molar refractivity (Wildman–Crippen MR) is 71.0 cm³/mol. The van der Waals surface area contributed by atoms with Gasteiger partial charge in [-0.25, -0.2) is 15.0 Å². The number of hydrogen-bond donors (Lipinski definition) is 3. The topological polar surface area (TPSA) is 130 Å². The molecule has 2 aromatic rings. The molecule has 0 atom stereocenters. The van der Waals surface area contributed by atoms with Crippen molar-refractivity contribution < 1.29 is 15.0 Å². The van der Waals surface area contributed by atoms with Gasteiger partial charge >= 0.3 is 0 Å². The Morgan fingerprint density at radius 3 is 2.70 bits per heavy atom. The van der Waals surface area contributed by atoms with Crippen LogP contribution in [0.3, 0.4) is 0 Å². The number of amides is 1. The number of nitrogens with zero attached hydrogens (tertiary/aromatic N) is 5. The average molecular weight is 280 g/mol. The number of fused-ring (bicyclic) bond motifs is 1. The lowest BCUT2D eigenvalue weighted by Crippen LogP contribution is -2.31. The number of rotatable bonds is 6. The second-order valence-electron chi connectivity index (χ2n) is 4.36. The lowest BCUT2D eigenvalue weighted by molar-refractivity contribution is -0.116. The van der Waals surface area contributed by atoms with Gasteiger partial charge in [0.05, 0.1) is 32.1 Å². The summed E-state index contributed by atoms with van der Waals surface area (Å²) in [5.41, 5.74) is 6.10. The van der Waals surface area contributed by atoms with E-state index in [1.54, 1.807) is 16.5 Å². The summed E-state index contributed by atoms with van der Waals surface area (Å²) < 4.78 is 1.57. The monoisotopic (exact) mass is 280 g/mol. The number of likely N-dealkylation sites (N-methyl/N-ethyl adjacent to an activating group) is 1. The minimum absolute atomic E-state index is 0.00238. The van der Waals surface area contributed by atoms with Crippen LogP contribution in [0.15, 0.2) is 12.7 Å². The van der Waals surface area contributed by atoms with Gasteiger partial charge in [0.15, 0.2) is 17.0 Å². The van der Waals surface area contributed by atoms with Crippen LogP contribution < -0.4 is 10.6 Å². The van der Waals surface area contributed by atoms with Crippen molar-refractivity contribution in [1.82, 2.24) is 19.5 Å². The molecule has 0 aliphatic rings. The van der Waals surface area contributed by atoms with E-state index in [-0.39, 0.29) is 19.8 Å². The second kappa shape index (κ2) is 5.80. The Hall–Kier alpha value is -2.26. The van der Waals surface area contributed by atoms with Crippen LogP contribution in [0, 0.1) is 0 Å². The molecule has 0 spiro atoms. The van der Waals surface area contributed by atoms with Gasteiger partial charge < -0.3 is 25.4 Å². The summed E-state index contributed by atoms with van der Waals surface area (Å²) in [6, 6.07) is -0.524. The van der Waals surface area contributed by atoms with Crippen LogP contribution in [-0.2, 0) is 4.79 Å². The number of primary amides is 1. The molecule has 9 nitrogen and oxygen atoms in total. The highest BCUT2D eigenvalue weighted by molar-refractivity contribution is 5.86. The van der Waals surface area contributed by atoms with E-state index in [9.17, 15) is 15.0 Å². The maximum absolute atomic E-state index is 11.0. The van der Waals surface area contributed by atoms with E-state index < -0.39 is 11.9 Å². The molecule has 0 aliphatic heterocycles. The summed E-state index contributed by atoms with van der Waals surface area (Å²) in [6.07, 6.45) is 2.80. The number of carbonyl (C=O) groups is 1. The molecule has 0 unspecified atom stereocenters. The molecule has 9 heteroatoms. The van der Waals surface area contributed by atoms with Crippen LogP contribution in [0.5, 0.6) is 0 Å². The van der Waals surface area contributed by atoms with E-state index in [0.29, 0.717) is 17.0 Å². The van der Waals surface area contributed by atoms with Crippen molar-refractivity contribution in [2.45, 2.75) is 6.04 Å². The number of imidazole rings is 1. The fourth-order valence-electron chi connectivity index (χ4n) is 1.93. The number of aromatic nitrogens is 4. The summed E-state index contributed by atoms with van der Waals surface area (Å²) in [5.74, 6) is -0.0236. The number of hydrogen-bond acceptors (Lipinski definition) is 7. The number of carbonyl (C=O) groups excluding carboxylic acids is 1. The molecule has 2 heterocycles. The van der Waals surface area contributed by atoms with E-state index in [1.807, 2.05) is 0 Å². The molecule has 0 aromatic carbocycles. The third kappa shape index (κ3) is 2.53.